The van der Waals surface area contributed by atoms with E-state index in [2.05, 4.69) is 0 Å². The molecule has 20 heavy (non-hydrogen) atoms. The Morgan fingerprint density at radius 2 is 1.85 bits per heavy atom. The lowest BCUT2D eigenvalue weighted by molar-refractivity contribution is 0.316. The van der Waals surface area contributed by atoms with Crippen LogP contribution < -0.4 is 5.73 Å². The molecule has 0 amide bonds. The summed E-state index contributed by atoms with van der Waals surface area (Å²) in [6, 6.07) is 2.39. The van der Waals surface area contributed by atoms with Crippen LogP contribution in [0.4, 0.5) is 4.39 Å². The van der Waals surface area contributed by atoms with Crippen LogP contribution in [0.2, 0.25) is 0 Å². The summed E-state index contributed by atoms with van der Waals surface area (Å²) in [4.78, 5) is 0.211. The average Bonchev–Trinajstić information content (AvgIpc) is 2.26. The van der Waals surface area contributed by atoms with Gasteiger partial charge in [0.2, 0.25) is 10.0 Å². The smallest absolute Gasteiger partial charge is 0.243 e. The van der Waals surface area contributed by atoms with Crippen LogP contribution >= 0.6 is 12.4 Å². The van der Waals surface area contributed by atoms with Crippen molar-refractivity contribution < 1.29 is 12.8 Å². The van der Waals surface area contributed by atoms with Crippen LogP contribution in [0, 0.1) is 19.7 Å². The summed E-state index contributed by atoms with van der Waals surface area (Å²) in [7, 11) is -3.59. The minimum atomic E-state index is -3.59. The van der Waals surface area contributed by atoms with Gasteiger partial charge in [-0.25, -0.2) is 12.8 Å². The number of nitrogens with two attached hydrogens (primary N) is 1. The predicted octanol–water partition coefficient (Wildman–Crippen LogP) is 1.98. The molecule has 0 aromatic heterocycles. The first-order valence-electron chi connectivity index (χ1n) is 6.35. The van der Waals surface area contributed by atoms with E-state index in [-0.39, 0.29) is 23.3 Å². The van der Waals surface area contributed by atoms with E-state index in [1.165, 1.54) is 16.4 Å². The molecule has 114 valence electrons. The zero-order chi connectivity index (χ0) is 14.2. The summed E-state index contributed by atoms with van der Waals surface area (Å²) in [6.45, 7) is 4.05. The Morgan fingerprint density at radius 1 is 1.30 bits per heavy atom. The molecule has 1 saturated heterocycles. The number of aryl methyl sites for hydroxylation is 2. The number of rotatable bonds is 2. The van der Waals surface area contributed by atoms with Gasteiger partial charge in [-0.3, -0.25) is 0 Å². The number of nitrogens with zero attached hydrogens (tertiary/aromatic N) is 1. The maximum absolute atomic E-state index is 13.3. The molecule has 1 atom stereocenters. The summed E-state index contributed by atoms with van der Waals surface area (Å²) in [5.74, 6) is -0.413. The zero-order valence-electron chi connectivity index (χ0n) is 11.6. The lowest BCUT2D eigenvalue weighted by Crippen LogP contribution is -2.45. The first kappa shape index (κ1) is 17.4. The Balaban J connectivity index is 0.00000200. The third-order valence-electron chi connectivity index (χ3n) is 3.44. The highest BCUT2D eigenvalue weighted by atomic mass is 35.5. The van der Waals surface area contributed by atoms with E-state index in [1.54, 1.807) is 13.8 Å². The first-order valence-corrected chi connectivity index (χ1v) is 7.79. The summed E-state index contributed by atoms with van der Waals surface area (Å²) < 4.78 is 40.0. The Bertz CT molecular complexity index is 569. The standard InChI is InChI=1S/C13H19FN2O2S.ClH/c1-9-6-11(14)7-10(2)13(9)19(17,18)16-5-3-4-12(15)8-16;/h6-7,12H,3-5,8,15H2,1-2H3;1H/t12-;/m1./s1. The van der Waals surface area contributed by atoms with E-state index >= 15 is 0 Å². The van der Waals surface area contributed by atoms with E-state index in [0.717, 1.165) is 12.8 Å². The molecule has 1 fully saturated rings. The highest BCUT2D eigenvalue weighted by Crippen LogP contribution is 2.26. The molecule has 0 radical (unpaired) electrons. The summed E-state index contributed by atoms with van der Waals surface area (Å²) in [6.07, 6.45) is 1.60. The average molecular weight is 323 g/mol. The van der Waals surface area contributed by atoms with Gasteiger partial charge in [0.25, 0.3) is 0 Å². The van der Waals surface area contributed by atoms with Crippen LogP contribution in [0.3, 0.4) is 0 Å². The van der Waals surface area contributed by atoms with Crippen LogP contribution in [0.5, 0.6) is 0 Å². The quantitative estimate of drug-likeness (QED) is 0.905. The highest BCUT2D eigenvalue weighted by molar-refractivity contribution is 7.89. The molecule has 7 heteroatoms. The Hall–Kier alpha value is -0.690. The molecule has 0 bridgehead atoms. The third kappa shape index (κ3) is 3.31. The van der Waals surface area contributed by atoms with Gasteiger partial charge >= 0.3 is 0 Å². The van der Waals surface area contributed by atoms with E-state index in [0.29, 0.717) is 24.2 Å². The number of benzene rings is 1. The van der Waals surface area contributed by atoms with Crippen molar-refractivity contribution in [3.05, 3.63) is 29.1 Å². The van der Waals surface area contributed by atoms with Gasteiger partial charge in [0.15, 0.2) is 0 Å². The van der Waals surface area contributed by atoms with Crippen molar-refractivity contribution in [2.45, 2.75) is 37.6 Å². The van der Waals surface area contributed by atoms with Crippen LogP contribution in [0.15, 0.2) is 17.0 Å². The Kier molecular flexibility index (Phi) is 5.54. The monoisotopic (exact) mass is 322 g/mol. The molecule has 1 aromatic carbocycles. The van der Waals surface area contributed by atoms with E-state index in [4.69, 9.17) is 5.73 Å². The second kappa shape index (κ2) is 6.39. The van der Waals surface area contributed by atoms with Crippen LogP contribution in [0.25, 0.3) is 0 Å². The van der Waals surface area contributed by atoms with Crippen molar-refractivity contribution >= 4 is 22.4 Å². The molecular weight excluding hydrogens is 303 g/mol. The maximum Gasteiger partial charge on any atom is 0.243 e. The highest BCUT2D eigenvalue weighted by Gasteiger charge is 2.31. The van der Waals surface area contributed by atoms with Gasteiger partial charge in [0.05, 0.1) is 4.90 Å². The fourth-order valence-corrected chi connectivity index (χ4v) is 4.57. The van der Waals surface area contributed by atoms with Crippen molar-refractivity contribution in [2.75, 3.05) is 13.1 Å². The van der Waals surface area contributed by atoms with Gasteiger partial charge in [0, 0.05) is 19.1 Å². The fourth-order valence-electron chi connectivity index (χ4n) is 2.63. The van der Waals surface area contributed by atoms with E-state index < -0.39 is 15.8 Å². The normalized spacial score (nSPS) is 20.5. The largest absolute Gasteiger partial charge is 0.327 e. The van der Waals surface area contributed by atoms with Crippen molar-refractivity contribution in [2.24, 2.45) is 5.73 Å². The van der Waals surface area contributed by atoms with Gasteiger partial charge in [-0.1, -0.05) is 0 Å². The first-order chi connectivity index (χ1) is 8.82. The summed E-state index contributed by atoms with van der Waals surface area (Å²) in [5, 5.41) is 0. The van der Waals surface area contributed by atoms with Gasteiger partial charge in [-0.15, -0.1) is 12.4 Å². The zero-order valence-corrected chi connectivity index (χ0v) is 13.2. The summed E-state index contributed by atoms with van der Waals surface area (Å²) in [5.41, 5.74) is 6.72. The van der Waals surface area contributed by atoms with Crippen molar-refractivity contribution in [3.63, 3.8) is 0 Å². The van der Waals surface area contributed by atoms with E-state index in [9.17, 15) is 12.8 Å². The number of sulfonamides is 1. The van der Waals surface area contributed by atoms with Crippen LogP contribution in [0.1, 0.15) is 24.0 Å². The number of hydrogen-bond acceptors (Lipinski definition) is 3. The SMILES string of the molecule is Cc1cc(F)cc(C)c1S(=O)(=O)N1CCC[C@@H](N)C1.Cl. The fraction of sp³-hybridized carbons (Fsp3) is 0.538. The second-order valence-electron chi connectivity index (χ2n) is 5.13. The lowest BCUT2D eigenvalue weighted by atomic mass is 10.1. The lowest BCUT2D eigenvalue weighted by Gasteiger charge is -2.30. The summed E-state index contributed by atoms with van der Waals surface area (Å²) >= 11 is 0. The Morgan fingerprint density at radius 3 is 2.35 bits per heavy atom. The van der Waals surface area contributed by atoms with Crippen molar-refractivity contribution in [3.8, 4) is 0 Å². The molecule has 1 aliphatic heterocycles. The molecule has 0 spiro atoms. The number of halogens is 2. The molecule has 4 nitrogen and oxygen atoms in total. The van der Waals surface area contributed by atoms with Crippen molar-refractivity contribution in [1.82, 2.24) is 4.31 Å². The number of hydrogen-bond donors (Lipinski definition) is 1. The van der Waals surface area contributed by atoms with E-state index in [1.807, 2.05) is 0 Å². The maximum atomic E-state index is 13.3. The Labute approximate surface area is 125 Å². The molecule has 0 saturated carbocycles. The number of piperidine rings is 1. The molecule has 2 rings (SSSR count). The molecule has 2 N–H and O–H groups in total. The molecule has 1 aromatic rings. The minimum absolute atomic E-state index is 0. The van der Waals surface area contributed by atoms with Gasteiger partial charge in [-0.05, 0) is 49.9 Å². The predicted molar refractivity (Wildman–Crippen MR) is 79.1 cm³/mol. The molecule has 0 aliphatic carbocycles. The van der Waals surface area contributed by atoms with Gasteiger partial charge < -0.3 is 5.73 Å². The molecule has 0 unspecified atom stereocenters. The minimum Gasteiger partial charge on any atom is -0.327 e. The molecule has 1 aliphatic rings. The van der Waals surface area contributed by atoms with Crippen LogP contribution in [-0.2, 0) is 10.0 Å². The van der Waals surface area contributed by atoms with Crippen LogP contribution in [-0.4, -0.2) is 31.9 Å². The second-order valence-corrected chi connectivity index (χ2v) is 7.01. The third-order valence-corrected chi connectivity index (χ3v) is 5.61. The van der Waals surface area contributed by atoms with Gasteiger partial charge in [-0.2, -0.15) is 4.31 Å². The topological polar surface area (TPSA) is 63.4 Å². The molecule has 1 heterocycles. The van der Waals surface area contributed by atoms with Crippen molar-refractivity contribution in [1.29, 1.82) is 0 Å². The molecular formula is C13H20ClFN2O2S. The van der Waals surface area contributed by atoms with Gasteiger partial charge in [0.1, 0.15) is 5.82 Å².